The Balaban J connectivity index is 1.87. The van der Waals surface area contributed by atoms with Gasteiger partial charge in [0, 0.05) is 6.20 Å². The third-order valence-corrected chi connectivity index (χ3v) is 4.25. The minimum atomic E-state index is -0.536. The van der Waals surface area contributed by atoms with E-state index in [0.717, 1.165) is 25.7 Å². The second kappa shape index (κ2) is 5.23. The van der Waals surface area contributed by atoms with Crippen LogP contribution < -0.4 is 17.0 Å². The smallest absolute Gasteiger partial charge is 0.328 e. The summed E-state index contributed by atoms with van der Waals surface area (Å²) in [5.74, 6) is 0.759. The summed E-state index contributed by atoms with van der Waals surface area (Å²) < 4.78 is 6.70. The predicted molar refractivity (Wildman–Crippen MR) is 76.8 cm³/mol. The van der Waals surface area contributed by atoms with E-state index >= 15 is 0 Å². The molecule has 3 rings (SSSR count). The lowest BCUT2D eigenvalue weighted by Crippen LogP contribution is -2.34. The zero-order valence-corrected chi connectivity index (χ0v) is 12.7. The Labute approximate surface area is 127 Å². The molecule has 112 valence electrons. The largest absolute Gasteiger partial charge is 0.337 e. The average Bonchev–Trinajstić information content (AvgIpc) is 3.06. The Kier molecular flexibility index (Phi) is 3.54. The molecule has 9 heteroatoms. The molecule has 1 saturated carbocycles. The van der Waals surface area contributed by atoms with Crippen molar-refractivity contribution in [3.05, 3.63) is 43.2 Å². The number of H-pyrrole nitrogens is 1. The summed E-state index contributed by atoms with van der Waals surface area (Å²) in [6.45, 7) is 0.0806. The number of aromatic nitrogens is 4. The maximum absolute atomic E-state index is 11.7. The molecule has 0 spiro atoms. The van der Waals surface area contributed by atoms with Crippen LogP contribution in [0.5, 0.6) is 0 Å². The van der Waals surface area contributed by atoms with Crippen LogP contribution in [0.2, 0.25) is 0 Å². The van der Waals surface area contributed by atoms with E-state index in [1.54, 1.807) is 0 Å². The summed E-state index contributed by atoms with van der Waals surface area (Å²) in [6, 6.07) is 0. The molecule has 3 N–H and O–H groups in total. The summed E-state index contributed by atoms with van der Waals surface area (Å²) in [6.07, 6.45) is 5.14. The fourth-order valence-corrected chi connectivity index (χ4v) is 2.84. The number of aromatic amines is 1. The fourth-order valence-electron chi connectivity index (χ4n) is 2.50. The molecule has 0 atom stereocenters. The Morgan fingerprint density at radius 2 is 2.14 bits per heavy atom. The lowest BCUT2D eigenvalue weighted by Gasteiger charge is -2.17. The van der Waals surface area contributed by atoms with Crippen molar-refractivity contribution in [2.75, 3.05) is 0 Å². The maximum atomic E-state index is 11.7. The Morgan fingerprint density at radius 1 is 1.43 bits per heavy atom. The highest BCUT2D eigenvalue weighted by Gasteiger charge is 2.35. The number of nitrogens with zero attached hydrogens (tertiary/aromatic N) is 3. The molecule has 0 aromatic carbocycles. The van der Waals surface area contributed by atoms with Gasteiger partial charge in [-0.25, -0.2) is 4.79 Å². The lowest BCUT2D eigenvalue weighted by atomic mass is 9.99. The Bertz CT molecular complexity index is 772. The zero-order valence-electron chi connectivity index (χ0n) is 11.1. The minimum absolute atomic E-state index is 0.0806. The Morgan fingerprint density at radius 3 is 2.86 bits per heavy atom. The molecular weight excluding hydrogens is 342 g/mol. The molecular formula is C12H14BrN5O3. The maximum Gasteiger partial charge on any atom is 0.328 e. The van der Waals surface area contributed by atoms with E-state index in [1.165, 1.54) is 10.8 Å². The van der Waals surface area contributed by atoms with Gasteiger partial charge >= 0.3 is 5.69 Å². The monoisotopic (exact) mass is 355 g/mol. The Hall–Kier alpha value is -1.74. The third-order valence-electron chi connectivity index (χ3n) is 3.68. The van der Waals surface area contributed by atoms with Crippen LogP contribution in [0.15, 0.2) is 24.8 Å². The van der Waals surface area contributed by atoms with Gasteiger partial charge in [0.25, 0.3) is 5.56 Å². The molecule has 0 saturated heterocycles. The number of hydrogen-bond acceptors (Lipinski definition) is 6. The summed E-state index contributed by atoms with van der Waals surface area (Å²) >= 11 is 3.07. The molecule has 2 aromatic heterocycles. The van der Waals surface area contributed by atoms with Gasteiger partial charge in [-0.15, -0.1) is 0 Å². The highest BCUT2D eigenvalue weighted by Crippen LogP contribution is 2.34. The van der Waals surface area contributed by atoms with Crippen LogP contribution in [-0.4, -0.2) is 19.7 Å². The van der Waals surface area contributed by atoms with Gasteiger partial charge < -0.3 is 10.3 Å². The number of rotatable bonds is 3. The normalized spacial score (nSPS) is 17.2. The van der Waals surface area contributed by atoms with Crippen molar-refractivity contribution in [1.82, 2.24) is 19.7 Å². The van der Waals surface area contributed by atoms with Crippen LogP contribution >= 0.6 is 15.9 Å². The van der Waals surface area contributed by atoms with Gasteiger partial charge in [0.1, 0.15) is 6.54 Å². The van der Waals surface area contributed by atoms with Gasteiger partial charge in [0.2, 0.25) is 5.89 Å². The fraction of sp³-hybridized carbons (Fsp3) is 0.500. The first-order valence-corrected chi connectivity index (χ1v) is 7.38. The standard InChI is InChI=1S/C12H14BrN5O3/c13-7-5-18(11(20)16-9(7)19)6-8-15-10(17-21-8)12(14)3-1-2-4-12/h5H,1-4,6,14H2,(H,16,19,20). The van der Waals surface area contributed by atoms with Crippen molar-refractivity contribution in [3.8, 4) is 0 Å². The molecule has 1 aliphatic rings. The summed E-state index contributed by atoms with van der Waals surface area (Å²) in [5, 5.41) is 3.93. The highest BCUT2D eigenvalue weighted by atomic mass is 79.9. The number of nitrogens with one attached hydrogen (secondary N) is 1. The second-order valence-electron chi connectivity index (χ2n) is 5.24. The summed E-state index contributed by atoms with van der Waals surface area (Å²) in [7, 11) is 0. The molecule has 8 nitrogen and oxygen atoms in total. The first kappa shape index (κ1) is 14.2. The van der Waals surface area contributed by atoms with Gasteiger partial charge in [-0.3, -0.25) is 14.3 Å². The minimum Gasteiger partial charge on any atom is -0.337 e. The van der Waals surface area contributed by atoms with E-state index in [2.05, 4.69) is 31.1 Å². The predicted octanol–water partition coefficient (Wildman–Crippen LogP) is 0.458. The SMILES string of the molecule is NC1(c2noc(Cn3cc(Br)c(=O)[nH]c3=O)n2)CCCC1. The van der Waals surface area contributed by atoms with Crippen LogP contribution in [0.1, 0.15) is 37.4 Å². The van der Waals surface area contributed by atoms with Crippen LogP contribution in [0.3, 0.4) is 0 Å². The molecule has 1 fully saturated rings. The van der Waals surface area contributed by atoms with E-state index in [-0.39, 0.29) is 16.9 Å². The molecule has 0 unspecified atom stereocenters. The molecule has 0 aliphatic heterocycles. The molecule has 1 aliphatic carbocycles. The molecule has 2 heterocycles. The topological polar surface area (TPSA) is 120 Å². The van der Waals surface area contributed by atoms with Gasteiger partial charge in [-0.2, -0.15) is 4.98 Å². The van der Waals surface area contributed by atoms with Crippen LogP contribution in [0, 0.1) is 0 Å². The van der Waals surface area contributed by atoms with Crippen molar-refractivity contribution in [2.24, 2.45) is 5.73 Å². The zero-order chi connectivity index (χ0) is 15.0. The van der Waals surface area contributed by atoms with Crippen LogP contribution in [0.4, 0.5) is 0 Å². The van der Waals surface area contributed by atoms with Crippen molar-refractivity contribution >= 4 is 15.9 Å². The molecule has 0 bridgehead atoms. The molecule has 0 amide bonds. The van der Waals surface area contributed by atoms with E-state index in [1.807, 2.05) is 0 Å². The first-order chi connectivity index (χ1) is 9.98. The van der Waals surface area contributed by atoms with Crippen molar-refractivity contribution in [1.29, 1.82) is 0 Å². The van der Waals surface area contributed by atoms with Crippen molar-refractivity contribution in [3.63, 3.8) is 0 Å². The quantitative estimate of drug-likeness (QED) is 0.824. The van der Waals surface area contributed by atoms with Gasteiger partial charge in [0.05, 0.1) is 10.0 Å². The first-order valence-electron chi connectivity index (χ1n) is 6.59. The molecule has 21 heavy (non-hydrogen) atoms. The van der Waals surface area contributed by atoms with Crippen LogP contribution in [-0.2, 0) is 12.1 Å². The van der Waals surface area contributed by atoms with E-state index in [9.17, 15) is 9.59 Å². The van der Waals surface area contributed by atoms with Crippen molar-refractivity contribution < 1.29 is 4.52 Å². The highest BCUT2D eigenvalue weighted by molar-refractivity contribution is 9.10. The van der Waals surface area contributed by atoms with E-state index in [0.29, 0.717) is 5.82 Å². The van der Waals surface area contributed by atoms with Crippen LogP contribution in [0.25, 0.3) is 0 Å². The van der Waals surface area contributed by atoms with Gasteiger partial charge in [-0.1, -0.05) is 18.0 Å². The number of halogens is 1. The van der Waals surface area contributed by atoms with Gasteiger partial charge in [-0.05, 0) is 28.8 Å². The lowest BCUT2D eigenvalue weighted by molar-refractivity contribution is 0.343. The molecule has 0 radical (unpaired) electrons. The van der Waals surface area contributed by atoms with Crippen molar-refractivity contribution in [2.45, 2.75) is 37.8 Å². The second-order valence-corrected chi connectivity index (χ2v) is 6.09. The number of nitrogens with two attached hydrogens (primary N) is 1. The summed E-state index contributed by atoms with van der Waals surface area (Å²) in [5.41, 5.74) is 4.71. The van der Waals surface area contributed by atoms with Gasteiger partial charge in [0.15, 0.2) is 5.82 Å². The van der Waals surface area contributed by atoms with E-state index in [4.69, 9.17) is 10.3 Å². The third kappa shape index (κ3) is 2.70. The summed E-state index contributed by atoms with van der Waals surface area (Å²) in [4.78, 5) is 29.4. The average molecular weight is 356 g/mol. The van der Waals surface area contributed by atoms with E-state index < -0.39 is 16.8 Å². The number of hydrogen-bond donors (Lipinski definition) is 2. The molecule has 2 aromatic rings.